The first-order chi connectivity index (χ1) is 17.5. The molecule has 0 unspecified atom stereocenters. The third-order valence-corrected chi connectivity index (χ3v) is 5.61. The van der Waals surface area contributed by atoms with Crippen molar-refractivity contribution in [2.75, 3.05) is 12.4 Å². The van der Waals surface area contributed by atoms with Crippen LogP contribution in [-0.2, 0) is 6.61 Å². The number of hydrogen-bond acceptors (Lipinski definition) is 6. The molecule has 0 radical (unpaired) electrons. The number of methoxy groups -OCH3 is 1. The molecule has 1 aromatic heterocycles. The molecule has 0 aliphatic rings. The minimum Gasteiger partial charge on any atom is -0.493 e. The van der Waals surface area contributed by atoms with E-state index in [1.807, 2.05) is 30.3 Å². The summed E-state index contributed by atoms with van der Waals surface area (Å²) >= 11 is 3.52. The van der Waals surface area contributed by atoms with Crippen molar-refractivity contribution in [3.8, 4) is 11.5 Å². The molecular formula is C27H22BrN3O5. The first kappa shape index (κ1) is 24.7. The summed E-state index contributed by atoms with van der Waals surface area (Å²) in [6.07, 6.45) is 2.88. The van der Waals surface area contributed by atoms with E-state index in [0.717, 1.165) is 5.56 Å². The standard InChI is InChI=1S/C27H22BrN3O5/c1-34-24-15-19(14-21(28)25(24)36-17-18-8-3-2-4-9-18)16-29-31-26(32)20-10-5-6-11-22(20)30-27(33)23-12-7-13-35-23/h2-16H,17H2,1H3,(H,30,33)(H,31,32)/b29-16-. The first-order valence-electron chi connectivity index (χ1n) is 10.9. The minimum atomic E-state index is -0.490. The van der Waals surface area contributed by atoms with Gasteiger partial charge < -0.3 is 19.2 Å². The fourth-order valence-electron chi connectivity index (χ4n) is 3.29. The lowest BCUT2D eigenvalue weighted by atomic mass is 10.1. The lowest BCUT2D eigenvalue weighted by Crippen LogP contribution is -2.21. The summed E-state index contributed by atoms with van der Waals surface area (Å²) < 4.78 is 17.2. The van der Waals surface area contributed by atoms with E-state index in [-0.39, 0.29) is 11.3 Å². The number of hydrazone groups is 1. The topological polar surface area (TPSA) is 102 Å². The van der Waals surface area contributed by atoms with Crippen LogP contribution in [0.5, 0.6) is 11.5 Å². The van der Waals surface area contributed by atoms with E-state index in [9.17, 15) is 9.59 Å². The number of benzene rings is 3. The Bertz CT molecular complexity index is 1370. The maximum atomic E-state index is 12.7. The van der Waals surface area contributed by atoms with Crippen molar-refractivity contribution in [1.29, 1.82) is 0 Å². The first-order valence-corrected chi connectivity index (χ1v) is 11.7. The smallest absolute Gasteiger partial charge is 0.291 e. The van der Waals surface area contributed by atoms with E-state index in [0.29, 0.717) is 33.8 Å². The van der Waals surface area contributed by atoms with Crippen molar-refractivity contribution in [1.82, 2.24) is 5.43 Å². The molecule has 0 aliphatic carbocycles. The third-order valence-electron chi connectivity index (χ3n) is 5.02. The Morgan fingerprint density at radius 1 is 1.00 bits per heavy atom. The Morgan fingerprint density at radius 2 is 1.78 bits per heavy atom. The van der Waals surface area contributed by atoms with E-state index in [4.69, 9.17) is 13.9 Å². The van der Waals surface area contributed by atoms with Gasteiger partial charge in [-0.3, -0.25) is 9.59 Å². The van der Waals surface area contributed by atoms with E-state index in [1.165, 1.54) is 18.5 Å². The highest BCUT2D eigenvalue weighted by Gasteiger charge is 2.15. The highest BCUT2D eigenvalue weighted by molar-refractivity contribution is 9.10. The van der Waals surface area contributed by atoms with Crippen LogP contribution in [0.4, 0.5) is 5.69 Å². The molecule has 182 valence electrons. The van der Waals surface area contributed by atoms with Crippen LogP contribution in [0, 0.1) is 0 Å². The largest absolute Gasteiger partial charge is 0.493 e. The number of furan rings is 1. The van der Waals surface area contributed by atoms with E-state index < -0.39 is 11.8 Å². The molecular weight excluding hydrogens is 526 g/mol. The Balaban J connectivity index is 1.43. The van der Waals surface area contributed by atoms with Crippen molar-refractivity contribution in [2.24, 2.45) is 5.10 Å². The van der Waals surface area contributed by atoms with Crippen LogP contribution in [0.3, 0.4) is 0 Å². The van der Waals surface area contributed by atoms with Crippen molar-refractivity contribution < 1.29 is 23.5 Å². The number of halogens is 1. The van der Waals surface area contributed by atoms with Crippen LogP contribution in [-0.4, -0.2) is 25.1 Å². The van der Waals surface area contributed by atoms with Crippen LogP contribution >= 0.6 is 15.9 Å². The molecule has 36 heavy (non-hydrogen) atoms. The van der Waals surface area contributed by atoms with E-state index in [2.05, 4.69) is 31.8 Å². The van der Waals surface area contributed by atoms with Crippen molar-refractivity contribution >= 4 is 39.6 Å². The second-order valence-corrected chi connectivity index (χ2v) is 8.34. The number of para-hydroxylation sites is 1. The number of ether oxygens (including phenoxy) is 2. The Morgan fingerprint density at radius 3 is 2.53 bits per heavy atom. The number of rotatable bonds is 9. The highest BCUT2D eigenvalue weighted by Crippen LogP contribution is 2.36. The molecule has 0 aliphatic heterocycles. The predicted octanol–water partition coefficient (Wildman–Crippen LogP) is 5.65. The molecule has 9 heteroatoms. The summed E-state index contributed by atoms with van der Waals surface area (Å²) in [7, 11) is 1.55. The fraction of sp³-hybridized carbons (Fsp3) is 0.0741. The molecule has 0 spiro atoms. The number of amides is 2. The molecule has 4 rings (SSSR count). The zero-order valence-electron chi connectivity index (χ0n) is 19.2. The normalized spacial score (nSPS) is 10.7. The highest BCUT2D eigenvalue weighted by atomic mass is 79.9. The number of anilines is 1. The van der Waals surface area contributed by atoms with Gasteiger partial charge in [-0.2, -0.15) is 5.10 Å². The third kappa shape index (κ3) is 6.19. The fourth-order valence-corrected chi connectivity index (χ4v) is 3.87. The molecule has 0 saturated carbocycles. The summed E-state index contributed by atoms with van der Waals surface area (Å²) in [5, 5.41) is 6.73. The Kier molecular flexibility index (Phi) is 8.15. The molecule has 8 nitrogen and oxygen atoms in total. The Labute approximate surface area is 216 Å². The van der Waals surface area contributed by atoms with Gasteiger partial charge in [-0.15, -0.1) is 0 Å². The van der Waals surface area contributed by atoms with Crippen LogP contribution in [0.25, 0.3) is 0 Å². The Hall–Kier alpha value is -4.37. The van der Waals surface area contributed by atoms with Crippen molar-refractivity contribution in [2.45, 2.75) is 6.61 Å². The maximum Gasteiger partial charge on any atom is 0.291 e. The molecule has 0 bridgehead atoms. The summed E-state index contributed by atoms with van der Waals surface area (Å²) in [5.74, 6) is 0.257. The molecule has 4 aromatic rings. The van der Waals surface area contributed by atoms with Gasteiger partial charge in [0, 0.05) is 0 Å². The monoisotopic (exact) mass is 547 g/mol. The maximum absolute atomic E-state index is 12.7. The number of nitrogens with one attached hydrogen (secondary N) is 2. The van der Waals surface area contributed by atoms with Gasteiger partial charge in [0.05, 0.1) is 35.3 Å². The number of carbonyl (C=O) groups is 2. The molecule has 1 heterocycles. The quantitative estimate of drug-likeness (QED) is 0.208. The van der Waals surface area contributed by atoms with Crippen LogP contribution in [0.15, 0.2) is 99.1 Å². The lowest BCUT2D eigenvalue weighted by molar-refractivity contribution is 0.0956. The van der Waals surface area contributed by atoms with E-state index >= 15 is 0 Å². The van der Waals surface area contributed by atoms with Gasteiger partial charge in [-0.05, 0) is 63.5 Å². The van der Waals surface area contributed by atoms with Crippen molar-refractivity contribution in [3.05, 3.63) is 112 Å². The lowest BCUT2D eigenvalue weighted by Gasteiger charge is -2.13. The molecule has 0 atom stereocenters. The SMILES string of the molecule is COc1cc(/C=N\NC(=O)c2ccccc2NC(=O)c2ccco2)cc(Br)c1OCc1ccccc1. The zero-order chi connectivity index (χ0) is 25.3. The average Bonchev–Trinajstić information content (AvgIpc) is 3.44. The van der Waals surface area contributed by atoms with Crippen LogP contribution in [0.2, 0.25) is 0 Å². The molecule has 3 aromatic carbocycles. The van der Waals surface area contributed by atoms with Gasteiger partial charge in [0.2, 0.25) is 0 Å². The summed E-state index contributed by atoms with van der Waals surface area (Å²) in [4.78, 5) is 25.0. The van der Waals surface area contributed by atoms with Crippen LogP contribution < -0.4 is 20.2 Å². The van der Waals surface area contributed by atoms with Gasteiger partial charge >= 0.3 is 0 Å². The summed E-state index contributed by atoms with van der Waals surface area (Å²) in [6, 6.07) is 23.1. The second-order valence-electron chi connectivity index (χ2n) is 7.48. The molecule has 0 fully saturated rings. The van der Waals surface area contributed by atoms with Gasteiger partial charge in [-0.25, -0.2) is 5.43 Å². The van der Waals surface area contributed by atoms with Gasteiger partial charge in [0.15, 0.2) is 17.3 Å². The predicted molar refractivity (Wildman–Crippen MR) is 140 cm³/mol. The van der Waals surface area contributed by atoms with Gasteiger partial charge in [-0.1, -0.05) is 42.5 Å². The number of carbonyl (C=O) groups excluding carboxylic acids is 2. The van der Waals surface area contributed by atoms with E-state index in [1.54, 1.807) is 49.6 Å². The van der Waals surface area contributed by atoms with Gasteiger partial charge in [0.1, 0.15) is 6.61 Å². The molecule has 0 saturated heterocycles. The van der Waals surface area contributed by atoms with Gasteiger partial charge in [0.25, 0.3) is 11.8 Å². The number of hydrogen-bond donors (Lipinski definition) is 2. The summed E-state index contributed by atoms with van der Waals surface area (Å²) in [5.41, 5.74) is 4.76. The van der Waals surface area contributed by atoms with Crippen LogP contribution in [0.1, 0.15) is 32.0 Å². The zero-order valence-corrected chi connectivity index (χ0v) is 20.8. The number of nitrogens with zero attached hydrogens (tertiary/aromatic N) is 1. The molecule has 2 amide bonds. The minimum absolute atomic E-state index is 0.138. The average molecular weight is 548 g/mol. The van der Waals surface area contributed by atoms with Crippen molar-refractivity contribution in [3.63, 3.8) is 0 Å². The summed E-state index contributed by atoms with van der Waals surface area (Å²) in [6.45, 7) is 0.384. The second kappa shape index (κ2) is 11.9. The molecule has 2 N–H and O–H groups in total.